The molecule has 21 heteroatoms. The Balaban J connectivity index is 1.36. The van der Waals surface area contributed by atoms with Crippen molar-refractivity contribution >= 4 is 71.0 Å². The maximum Gasteiger partial charge on any atom is 0.407 e. The Labute approximate surface area is 518 Å². The zero-order valence-corrected chi connectivity index (χ0v) is 53.3. The van der Waals surface area contributed by atoms with Crippen molar-refractivity contribution in [2.45, 2.75) is 157 Å². The molecule has 0 spiro atoms. The lowest BCUT2D eigenvalue weighted by Gasteiger charge is -2.40. The highest BCUT2D eigenvalue weighted by atomic mass is 16.5. The van der Waals surface area contributed by atoms with Gasteiger partial charge in [-0.2, -0.15) is 0 Å². The number of hydrogen-bond donors (Lipinski definition) is 9. The predicted molar refractivity (Wildman–Crippen MR) is 342 cm³/mol. The van der Waals surface area contributed by atoms with Crippen molar-refractivity contribution < 1.29 is 53.0 Å². The highest BCUT2D eigenvalue weighted by Gasteiger charge is 2.42. The lowest BCUT2D eigenvalue weighted by atomic mass is 9.76. The van der Waals surface area contributed by atoms with Gasteiger partial charge in [-0.05, 0) is 103 Å². The standard InChI is InChI=1S/C67H92N10O11/c1-15-47-24-17-18-25-48(47)39-77(52-28-19-16-22-43(52)6)55(79)34-33-54(78)74-56(42(4)5)60(81)73-51(27-21-35-70-64(68)86)59(80)72-50-31-29-45(30-32-50)40-88-65(87)71-38-46-23-20-26-49(37-46)67(11,12)57(69-13)61(82)75-58(66(8,9)10)62(83)76(14)53(41(2)3)36-44(7)63(84)85/h15-20,22-26,28-32,36-37,41-42,51,53,56-58,69H,1,21,27,33-35,38-40H2,2-14H3,(H,71,87)(H,72,80)(H,73,81)(H,74,78)(H,75,82)(H,84,85)(H3,68,70,86)/b44-36+/t51-,53+,56-,57+,58+/m0/s1. The fourth-order valence-corrected chi connectivity index (χ4v) is 10.1. The Bertz CT molecular complexity index is 3130. The second-order valence-electron chi connectivity index (χ2n) is 24.4. The van der Waals surface area contributed by atoms with Gasteiger partial charge >= 0.3 is 18.1 Å². The largest absolute Gasteiger partial charge is 0.478 e. The van der Waals surface area contributed by atoms with E-state index >= 15 is 0 Å². The van der Waals surface area contributed by atoms with Crippen LogP contribution < -0.4 is 47.9 Å². The number of carboxylic acids is 1. The molecule has 476 valence electrons. The molecule has 4 aromatic carbocycles. The Morgan fingerprint density at radius 1 is 0.750 bits per heavy atom. The van der Waals surface area contributed by atoms with Crippen LogP contribution in [-0.2, 0) is 63.4 Å². The van der Waals surface area contributed by atoms with Gasteiger partial charge in [0.2, 0.25) is 35.4 Å². The van der Waals surface area contributed by atoms with Gasteiger partial charge in [-0.15, -0.1) is 0 Å². The summed E-state index contributed by atoms with van der Waals surface area (Å²) in [5.74, 6) is -4.43. The van der Waals surface area contributed by atoms with Gasteiger partial charge in [-0.1, -0.05) is 160 Å². The molecule has 0 heterocycles. The average Bonchev–Trinajstić information content (AvgIpc) is 2.05. The molecule has 10 N–H and O–H groups in total. The number of hydrogen-bond acceptors (Lipinski definition) is 11. The second kappa shape index (κ2) is 33.3. The number of urea groups is 1. The summed E-state index contributed by atoms with van der Waals surface area (Å²) < 4.78 is 5.53. The number of carbonyl (C=O) groups excluding carboxylic acids is 8. The molecule has 0 aromatic heterocycles. The molecule has 0 radical (unpaired) electrons. The zero-order valence-electron chi connectivity index (χ0n) is 53.3. The average molecular weight is 1210 g/mol. The van der Waals surface area contributed by atoms with Gasteiger partial charge in [0.1, 0.15) is 24.7 Å². The van der Waals surface area contributed by atoms with Crippen LogP contribution in [0.4, 0.5) is 21.0 Å². The van der Waals surface area contributed by atoms with Crippen LogP contribution in [0.3, 0.4) is 0 Å². The molecule has 0 aliphatic rings. The summed E-state index contributed by atoms with van der Waals surface area (Å²) in [6.45, 7) is 24.3. The Morgan fingerprint density at radius 2 is 1.41 bits per heavy atom. The molecule has 9 amide bonds. The minimum atomic E-state index is -1.12. The normalized spacial score (nSPS) is 13.4. The topological polar surface area (TPSA) is 300 Å². The number of anilines is 2. The third-order valence-corrected chi connectivity index (χ3v) is 15.4. The molecule has 88 heavy (non-hydrogen) atoms. The van der Waals surface area contributed by atoms with Crippen molar-refractivity contribution in [2.24, 2.45) is 23.0 Å². The number of benzene rings is 4. The summed E-state index contributed by atoms with van der Waals surface area (Å²) in [5, 5.41) is 29.3. The molecule has 5 atom stereocenters. The first-order valence-corrected chi connectivity index (χ1v) is 29.6. The van der Waals surface area contributed by atoms with Gasteiger partial charge in [-0.25, -0.2) is 14.4 Å². The molecule has 21 nitrogen and oxygen atoms in total. The number of para-hydroxylation sites is 1. The molecular formula is C67H92N10O11. The summed E-state index contributed by atoms with van der Waals surface area (Å²) in [5.41, 5.74) is 9.61. The SMILES string of the molecule is C=Cc1ccccc1CN(C(=O)CCC(=O)N[C@H](C(=O)N[C@@H](CCCNC(N)=O)C(=O)Nc1ccc(COC(=O)NCc2cccc(C(C)(C)[C@H](NC)C(=O)N[C@H](C(=O)N(C)[C@H](/C=C(\C)C(=O)O)C(C)C)C(C)(C)C)c2)cc1)C(C)C)c1ccccc1C. The van der Waals surface area contributed by atoms with Crippen LogP contribution in [0.5, 0.6) is 0 Å². The Hall–Kier alpha value is -8.85. The predicted octanol–water partition coefficient (Wildman–Crippen LogP) is 8.00. The fourth-order valence-electron chi connectivity index (χ4n) is 10.1. The number of nitrogens with zero attached hydrogens (tertiary/aromatic N) is 2. The van der Waals surface area contributed by atoms with Crippen LogP contribution in [0.2, 0.25) is 0 Å². The van der Waals surface area contributed by atoms with Crippen molar-refractivity contribution in [1.82, 2.24) is 36.8 Å². The van der Waals surface area contributed by atoms with Crippen molar-refractivity contribution in [1.29, 1.82) is 0 Å². The summed E-state index contributed by atoms with van der Waals surface area (Å²) >= 11 is 0. The van der Waals surface area contributed by atoms with Crippen LogP contribution in [0.25, 0.3) is 6.08 Å². The van der Waals surface area contributed by atoms with Crippen molar-refractivity contribution in [3.8, 4) is 0 Å². The summed E-state index contributed by atoms with van der Waals surface area (Å²) in [6, 6.07) is 23.8. The first kappa shape index (κ1) is 71.6. The number of carbonyl (C=O) groups is 9. The minimum absolute atomic E-state index is 0.0865. The number of aliphatic carboxylic acids is 1. The molecule has 0 unspecified atom stereocenters. The molecule has 0 aliphatic carbocycles. The zero-order chi connectivity index (χ0) is 65.6. The minimum Gasteiger partial charge on any atom is -0.478 e. The van der Waals surface area contributed by atoms with Crippen molar-refractivity contribution in [3.63, 3.8) is 0 Å². The number of primary amides is 1. The molecule has 0 aliphatic heterocycles. The number of ether oxygens (including phenoxy) is 1. The molecule has 4 aromatic rings. The van der Waals surface area contributed by atoms with E-state index in [9.17, 15) is 48.3 Å². The molecule has 0 fully saturated rings. The van der Waals surface area contributed by atoms with Crippen LogP contribution in [0.1, 0.15) is 128 Å². The van der Waals surface area contributed by atoms with E-state index in [4.69, 9.17) is 10.5 Å². The number of rotatable bonds is 31. The Kier molecular flexibility index (Phi) is 27.1. The first-order valence-electron chi connectivity index (χ1n) is 29.6. The number of amides is 9. The van der Waals surface area contributed by atoms with Gasteiger partial charge in [-0.3, -0.25) is 28.8 Å². The number of carboxylic acid groups (broad SMARTS) is 1. The van der Waals surface area contributed by atoms with Crippen molar-refractivity contribution in [3.05, 3.63) is 149 Å². The molecule has 4 rings (SSSR count). The summed E-state index contributed by atoms with van der Waals surface area (Å²) in [4.78, 5) is 123. The number of alkyl carbamates (subject to hydrolysis) is 1. The lowest BCUT2D eigenvalue weighted by molar-refractivity contribution is -0.141. The third kappa shape index (κ3) is 21.2. The van der Waals surface area contributed by atoms with Crippen LogP contribution in [0.15, 0.2) is 115 Å². The van der Waals surface area contributed by atoms with Gasteiger partial charge in [0.05, 0.1) is 18.6 Å². The van der Waals surface area contributed by atoms with Gasteiger partial charge in [0.15, 0.2) is 0 Å². The van der Waals surface area contributed by atoms with Gasteiger partial charge in [0, 0.05) is 55.3 Å². The highest BCUT2D eigenvalue weighted by Crippen LogP contribution is 2.31. The van der Waals surface area contributed by atoms with E-state index < -0.39 is 88.7 Å². The molecular weight excluding hydrogens is 1120 g/mol. The lowest BCUT2D eigenvalue weighted by Crippen LogP contribution is -2.61. The van der Waals surface area contributed by atoms with E-state index in [0.29, 0.717) is 16.9 Å². The van der Waals surface area contributed by atoms with Crippen LogP contribution >= 0.6 is 0 Å². The molecule has 0 saturated heterocycles. The summed E-state index contributed by atoms with van der Waals surface area (Å²) in [6.07, 6.45) is 2.56. The van der Waals surface area contributed by atoms with Crippen LogP contribution in [0, 0.1) is 24.2 Å². The highest BCUT2D eigenvalue weighted by molar-refractivity contribution is 5.99. The smallest absolute Gasteiger partial charge is 0.407 e. The van der Waals surface area contributed by atoms with E-state index in [0.717, 1.165) is 27.8 Å². The van der Waals surface area contributed by atoms with E-state index in [2.05, 4.69) is 43.8 Å². The molecule has 0 saturated carbocycles. The molecule has 0 bridgehead atoms. The summed E-state index contributed by atoms with van der Waals surface area (Å²) in [7, 11) is 3.27. The number of likely N-dealkylation sites (N-methyl/N-ethyl adjacent to an activating group) is 2. The van der Waals surface area contributed by atoms with Crippen LogP contribution in [-0.4, -0.2) is 114 Å². The third-order valence-electron chi connectivity index (χ3n) is 15.4. The van der Waals surface area contributed by atoms with Crippen molar-refractivity contribution in [2.75, 3.05) is 30.9 Å². The van der Waals surface area contributed by atoms with Gasteiger partial charge < -0.3 is 62.6 Å². The fraction of sp³-hybridized carbons (Fsp3) is 0.448. The maximum atomic E-state index is 14.2. The van der Waals surface area contributed by atoms with E-state index in [1.54, 1.807) is 69.3 Å². The second-order valence-corrected chi connectivity index (χ2v) is 24.4. The van der Waals surface area contributed by atoms with E-state index in [1.165, 1.54) is 11.8 Å². The number of nitrogens with one attached hydrogen (secondary N) is 7. The van der Waals surface area contributed by atoms with E-state index in [1.807, 2.05) is 128 Å². The van der Waals surface area contributed by atoms with Gasteiger partial charge in [0.25, 0.3) is 0 Å². The quantitative estimate of drug-likeness (QED) is 0.0171. The monoisotopic (exact) mass is 1210 g/mol. The Morgan fingerprint density at radius 3 is 2.01 bits per heavy atom. The number of aryl methyl sites for hydroxylation is 1. The first-order chi connectivity index (χ1) is 41.4. The van der Waals surface area contributed by atoms with E-state index in [-0.39, 0.29) is 75.2 Å². The number of nitrogens with two attached hydrogens (primary N) is 1. The maximum absolute atomic E-state index is 14.2.